The predicted molar refractivity (Wildman–Crippen MR) is 101 cm³/mol. The zero-order chi connectivity index (χ0) is 17.9. The Morgan fingerprint density at radius 3 is 2.46 bits per heavy atom. The van der Waals surface area contributed by atoms with Gasteiger partial charge in [-0.3, -0.25) is 10.1 Å². The standard InChI is InChI=1S/C21H23FN4/c22-17-7-4-16(5-8-17)21-19(14-10-12-24-13-11-14)20(25-26-21)15-2-1-3-18(23)9-6-15/h4-5,7-8,10-13,15,18H,1-3,6,9,23H2,(H,25,26)/t15-,18+/m1/s1. The molecule has 2 heterocycles. The van der Waals surface area contributed by atoms with E-state index in [1.165, 1.54) is 12.1 Å². The number of aromatic nitrogens is 3. The van der Waals surface area contributed by atoms with Crippen molar-refractivity contribution in [1.29, 1.82) is 0 Å². The summed E-state index contributed by atoms with van der Waals surface area (Å²) in [4.78, 5) is 4.14. The van der Waals surface area contributed by atoms with Crippen molar-refractivity contribution in [2.24, 2.45) is 5.73 Å². The summed E-state index contributed by atoms with van der Waals surface area (Å²) in [5, 5.41) is 7.91. The van der Waals surface area contributed by atoms with Crippen LogP contribution < -0.4 is 5.73 Å². The van der Waals surface area contributed by atoms with Crippen molar-refractivity contribution in [3.8, 4) is 22.4 Å². The third kappa shape index (κ3) is 3.40. The Labute approximate surface area is 152 Å². The molecule has 4 rings (SSSR count). The van der Waals surface area contributed by atoms with E-state index in [0.29, 0.717) is 12.0 Å². The molecule has 1 aliphatic carbocycles. The van der Waals surface area contributed by atoms with Gasteiger partial charge in [-0.15, -0.1) is 0 Å². The number of nitrogens with two attached hydrogens (primary N) is 1. The minimum Gasteiger partial charge on any atom is -0.328 e. The van der Waals surface area contributed by atoms with Gasteiger partial charge in [-0.25, -0.2) is 4.39 Å². The first-order valence-corrected chi connectivity index (χ1v) is 9.22. The number of halogens is 1. The van der Waals surface area contributed by atoms with Gasteiger partial charge in [-0.05, 0) is 67.6 Å². The van der Waals surface area contributed by atoms with Crippen molar-refractivity contribution in [2.75, 3.05) is 0 Å². The predicted octanol–water partition coefficient (Wildman–Crippen LogP) is 4.65. The monoisotopic (exact) mass is 350 g/mol. The largest absolute Gasteiger partial charge is 0.328 e. The Morgan fingerprint density at radius 1 is 0.923 bits per heavy atom. The fourth-order valence-electron chi connectivity index (χ4n) is 3.90. The molecular formula is C21H23FN4. The van der Waals surface area contributed by atoms with E-state index in [1.807, 2.05) is 12.1 Å². The van der Waals surface area contributed by atoms with Gasteiger partial charge in [0.1, 0.15) is 11.5 Å². The van der Waals surface area contributed by atoms with Crippen molar-refractivity contribution in [1.82, 2.24) is 15.2 Å². The second-order valence-electron chi connectivity index (χ2n) is 7.07. The molecule has 0 bridgehead atoms. The molecule has 1 aromatic carbocycles. The smallest absolute Gasteiger partial charge is 0.123 e. The van der Waals surface area contributed by atoms with Crippen LogP contribution in [-0.4, -0.2) is 21.2 Å². The van der Waals surface area contributed by atoms with Gasteiger partial charge in [0.25, 0.3) is 0 Å². The molecule has 0 aliphatic heterocycles. The van der Waals surface area contributed by atoms with Crippen molar-refractivity contribution < 1.29 is 4.39 Å². The Kier molecular flexibility index (Phi) is 4.80. The topological polar surface area (TPSA) is 67.6 Å². The molecule has 4 nitrogen and oxygen atoms in total. The van der Waals surface area contributed by atoms with Crippen LogP contribution in [0.15, 0.2) is 48.8 Å². The fraction of sp³-hybridized carbons (Fsp3) is 0.333. The molecule has 3 N–H and O–H groups in total. The van der Waals surface area contributed by atoms with Crippen LogP contribution in [-0.2, 0) is 0 Å². The third-order valence-electron chi connectivity index (χ3n) is 5.30. The maximum absolute atomic E-state index is 13.4. The van der Waals surface area contributed by atoms with E-state index in [2.05, 4.69) is 15.2 Å². The van der Waals surface area contributed by atoms with E-state index >= 15 is 0 Å². The highest BCUT2D eigenvalue weighted by Gasteiger charge is 2.25. The summed E-state index contributed by atoms with van der Waals surface area (Å²) in [6.45, 7) is 0. The van der Waals surface area contributed by atoms with E-state index in [9.17, 15) is 4.39 Å². The van der Waals surface area contributed by atoms with E-state index in [4.69, 9.17) is 5.73 Å². The lowest BCUT2D eigenvalue weighted by molar-refractivity contribution is 0.560. The summed E-state index contributed by atoms with van der Waals surface area (Å²) in [6, 6.07) is 10.8. The van der Waals surface area contributed by atoms with E-state index in [-0.39, 0.29) is 5.82 Å². The van der Waals surface area contributed by atoms with Crippen molar-refractivity contribution in [3.63, 3.8) is 0 Å². The summed E-state index contributed by atoms with van der Waals surface area (Å²) in [7, 11) is 0. The number of hydrogen-bond donors (Lipinski definition) is 2. The number of aromatic amines is 1. The molecule has 0 amide bonds. The first-order chi connectivity index (χ1) is 12.7. The fourth-order valence-corrected chi connectivity index (χ4v) is 3.90. The van der Waals surface area contributed by atoms with Crippen LogP contribution in [0.1, 0.15) is 43.7 Å². The van der Waals surface area contributed by atoms with Crippen LogP contribution >= 0.6 is 0 Å². The average molecular weight is 350 g/mol. The number of nitrogens with one attached hydrogen (secondary N) is 1. The minimum absolute atomic E-state index is 0.243. The molecule has 1 fully saturated rings. The van der Waals surface area contributed by atoms with Crippen molar-refractivity contribution in [3.05, 3.63) is 60.3 Å². The Balaban J connectivity index is 1.80. The molecule has 0 saturated heterocycles. The number of benzene rings is 1. The van der Waals surface area contributed by atoms with Crippen LogP contribution in [0.5, 0.6) is 0 Å². The number of hydrogen-bond acceptors (Lipinski definition) is 3. The van der Waals surface area contributed by atoms with Crippen LogP contribution in [0, 0.1) is 5.82 Å². The normalized spacial score (nSPS) is 20.7. The molecule has 3 aromatic rings. The molecular weight excluding hydrogens is 327 g/mol. The molecule has 134 valence electrons. The summed E-state index contributed by atoms with van der Waals surface area (Å²) in [5.41, 5.74) is 11.3. The van der Waals surface area contributed by atoms with Crippen LogP contribution in [0.2, 0.25) is 0 Å². The van der Waals surface area contributed by atoms with Crippen LogP contribution in [0.3, 0.4) is 0 Å². The first kappa shape index (κ1) is 16.9. The van der Waals surface area contributed by atoms with Crippen LogP contribution in [0.4, 0.5) is 4.39 Å². The lowest BCUT2D eigenvalue weighted by Gasteiger charge is -2.15. The highest BCUT2D eigenvalue weighted by atomic mass is 19.1. The maximum Gasteiger partial charge on any atom is 0.123 e. The molecule has 5 heteroatoms. The van der Waals surface area contributed by atoms with Gasteiger partial charge in [-0.1, -0.05) is 6.42 Å². The summed E-state index contributed by atoms with van der Waals surface area (Å²) in [6.07, 6.45) is 9.01. The van der Waals surface area contributed by atoms with Gasteiger partial charge in [0, 0.05) is 41.2 Å². The zero-order valence-corrected chi connectivity index (χ0v) is 14.7. The highest BCUT2D eigenvalue weighted by molar-refractivity contribution is 5.82. The van der Waals surface area contributed by atoms with Crippen LogP contribution in [0.25, 0.3) is 22.4 Å². The van der Waals surface area contributed by atoms with Crippen molar-refractivity contribution in [2.45, 2.75) is 44.1 Å². The first-order valence-electron chi connectivity index (χ1n) is 9.22. The molecule has 26 heavy (non-hydrogen) atoms. The quantitative estimate of drug-likeness (QED) is 0.676. The highest BCUT2D eigenvalue weighted by Crippen LogP contribution is 2.40. The molecule has 1 aliphatic rings. The molecule has 2 aromatic heterocycles. The summed E-state index contributed by atoms with van der Waals surface area (Å²) < 4.78 is 13.4. The number of H-pyrrole nitrogens is 1. The number of pyridine rings is 1. The summed E-state index contributed by atoms with van der Waals surface area (Å²) in [5.74, 6) is 0.168. The summed E-state index contributed by atoms with van der Waals surface area (Å²) >= 11 is 0. The number of nitrogens with zero attached hydrogens (tertiary/aromatic N) is 2. The zero-order valence-electron chi connectivity index (χ0n) is 14.7. The number of rotatable bonds is 3. The van der Waals surface area contributed by atoms with Gasteiger partial charge in [0.15, 0.2) is 0 Å². The molecule has 0 unspecified atom stereocenters. The SMILES string of the molecule is N[C@H]1CCC[C@@H](c2[nH]nc(-c3ccc(F)cc3)c2-c2ccncc2)CC1. The van der Waals surface area contributed by atoms with Gasteiger partial charge in [0.2, 0.25) is 0 Å². The lowest BCUT2D eigenvalue weighted by Crippen LogP contribution is -2.18. The second kappa shape index (κ2) is 7.38. The van der Waals surface area contributed by atoms with Gasteiger partial charge >= 0.3 is 0 Å². The Hall–Kier alpha value is -2.53. The minimum atomic E-state index is -0.243. The van der Waals surface area contributed by atoms with E-state index < -0.39 is 0 Å². The van der Waals surface area contributed by atoms with E-state index in [1.54, 1.807) is 24.5 Å². The second-order valence-corrected chi connectivity index (χ2v) is 7.07. The van der Waals surface area contributed by atoms with Crippen molar-refractivity contribution >= 4 is 0 Å². The molecule has 1 saturated carbocycles. The third-order valence-corrected chi connectivity index (χ3v) is 5.30. The Morgan fingerprint density at radius 2 is 1.69 bits per heavy atom. The molecule has 2 atom stereocenters. The maximum atomic E-state index is 13.4. The van der Waals surface area contributed by atoms with Gasteiger partial charge in [-0.2, -0.15) is 5.10 Å². The molecule has 0 spiro atoms. The molecule has 0 radical (unpaired) electrons. The average Bonchev–Trinajstić information content (AvgIpc) is 2.99. The lowest BCUT2D eigenvalue weighted by atomic mass is 9.89. The Bertz CT molecular complexity index is 857. The van der Waals surface area contributed by atoms with Gasteiger partial charge in [0.05, 0.1) is 0 Å². The van der Waals surface area contributed by atoms with E-state index in [0.717, 1.165) is 60.2 Å². The van der Waals surface area contributed by atoms with Gasteiger partial charge < -0.3 is 5.73 Å².